The normalized spacial score (nSPS) is 10.2. The van der Waals surface area contributed by atoms with Crippen molar-refractivity contribution in [2.45, 2.75) is 0 Å². The van der Waals surface area contributed by atoms with Crippen LogP contribution < -0.4 is 11.1 Å². The molecule has 0 aliphatic carbocycles. The molecule has 2 aromatic rings. The Labute approximate surface area is 109 Å². The first-order valence-electron chi connectivity index (χ1n) is 4.87. The highest BCUT2D eigenvalue weighted by Crippen LogP contribution is 2.36. The molecule has 0 fully saturated rings. The Morgan fingerprint density at radius 1 is 1.06 bits per heavy atom. The summed E-state index contributed by atoms with van der Waals surface area (Å²) in [7, 11) is 0. The summed E-state index contributed by atoms with van der Waals surface area (Å²) in [6, 6.07) is 10.5. The van der Waals surface area contributed by atoms with E-state index in [0.717, 1.165) is 5.69 Å². The Hall–Kier alpha value is -1.58. The summed E-state index contributed by atoms with van der Waals surface area (Å²) >= 11 is 11.6. The molecule has 0 spiro atoms. The fourth-order valence-corrected chi connectivity index (χ4v) is 1.89. The van der Waals surface area contributed by atoms with E-state index in [-0.39, 0.29) is 15.8 Å². The van der Waals surface area contributed by atoms with E-state index in [2.05, 4.69) is 5.32 Å². The monoisotopic (exact) mass is 268 g/mol. The number of hydrogen-bond donors (Lipinski definition) is 3. The number of nitrogens with one attached hydrogen (secondary N) is 1. The zero-order valence-corrected chi connectivity index (χ0v) is 10.3. The van der Waals surface area contributed by atoms with Crippen molar-refractivity contribution in [3.05, 3.63) is 46.4 Å². The second kappa shape index (κ2) is 4.73. The van der Waals surface area contributed by atoms with Crippen LogP contribution in [0.15, 0.2) is 36.4 Å². The van der Waals surface area contributed by atoms with Crippen molar-refractivity contribution < 1.29 is 5.11 Å². The van der Waals surface area contributed by atoms with E-state index in [9.17, 15) is 5.11 Å². The molecule has 5 heteroatoms. The van der Waals surface area contributed by atoms with Gasteiger partial charge in [0, 0.05) is 5.69 Å². The van der Waals surface area contributed by atoms with Crippen LogP contribution in [0.2, 0.25) is 10.0 Å². The number of nitrogen functional groups attached to an aromatic ring is 1. The number of hydrogen-bond acceptors (Lipinski definition) is 3. The standard InChI is InChI=1S/C12H10Cl2N2O/c13-8-5-7(6-9(14)12(8)17)16-11-4-2-1-3-10(11)15/h1-6,16-17H,15H2. The van der Waals surface area contributed by atoms with E-state index in [1.165, 1.54) is 0 Å². The lowest BCUT2D eigenvalue weighted by molar-refractivity contribution is 0.476. The number of rotatable bonds is 2. The maximum absolute atomic E-state index is 9.44. The third kappa shape index (κ3) is 2.57. The Kier molecular flexibility index (Phi) is 3.31. The lowest BCUT2D eigenvalue weighted by Gasteiger charge is -2.10. The summed E-state index contributed by atoms with van der Waals surface area (Å²) in [5.41, 5.74) is 7.83. The molecule has 2 rings (SSSR count). The second-order valence-corrected chi connectivity index (χ2v) is 4.32. The van der Waals surface area contributed by atoms with Crippen molar-refractivity contribution in [1.29, 1.82) is 0 Å². The molecule has 17 heavy (non-hydrogen) atoms. The van der Waals surface area contributed by atoms with E-state index >= 15 is 0 Å². The van der Waals surface area contributed by atoms with Crippen LogP contribution in [-0.2, 0) is 0 Å². The Balaban J connectivity index is 2.34. The summed E-state index contributed by atoms with van der Waals surface area (Å²) in [6.07, 6.45) is 0. The van der Waals surface area contributed by atoms with Gasteiger partial charge < -0.3 is 16.2 Å². The van der Waals surface area contributed by atoms with Gasteiger partial charge in [0.05, 0.1) is 21.4 Å². The number of nitrogens with two attached hydrogens (primary N) is 1. The van der Waals surface area contributed by atoms with Gasteiger partial charge in [0.15, 0.2) is 5.75 Å². The first-order valence-corrected chi connectivity index (χ1v) is 5.63. The number of para-hydroxylation sites is 2. The minimum absolute atomic E-state index is 0.125. The molecule has 0 heterocycles. The van der Waals surface area contributed by atoms with E-state index in [1.54, 1.807) is 18.2 Å². The lowest BCUT2D eigenvalue weighted by atomic mass is 10.2. The zero-order chi connectivity index (χ0) is 12.4. The molecule has 0 saturated carbocycles. The van der Waals surface area contributed by atoms with Gasteiger partial charge in [-0.05, 0) is 24.3 Å². The van der Waals surface area contributed by atoms with Gasteiger partial charge in [-0.3, -0.25) is 0 Å². The van der Waals surface area contributed by atoms with Gasteiger partial charge in [0.1, 0.15) is 0 Å². The van der Waals surface area contributed by atoms with Crippen LogP contribution in [0.25, 0.3) is 0 Å². The Morgan fingerprint density at radius 2 is 1.65 bits per heavy atom. The molecule has 3 nitrogen and oxygen atoms in total. The van der Waals surface area contributed by atoms with Crippen molar-refractivity contribution in [2.75, 3.05) is 11.1 Å². The third-order valence-corrected chi connectivity index (χ3v) is 2.83. The fourth-order valence-electron chi connectivity index (χ4n) is 1.40. The molecule has 88 valence electrons. The summed E-state index contributed by atoms with van der Waals surface area (Å²) in [5, 5.41) is 12.9. The number of anilines is 3. The van der Waals surface area contributed by atoms with Crippen LogP contribution >= 0.6 is 23.2 Å². The minimum Gasteiger partial charge on any atom is -0.505 e. The smallest absolute Gasteiger partial charge is 0.152 e. The number of phenols is 1. The highest BCUT2D eigenvalue weighted by atomic mass is 35.5. The van der Waals surface area contributed by atoms with Crippen LogP contribution in [0.3, 0.4) is 0 Å². The predicted octanol–water partition coefficient (Wildman–Crippen LogP) is 4.02. The van der Waals surface area contributed by atoms with Crippen LogP contribution in [0.5, 0.6) is 5.75 Å². The molecule has 0 aliphatic rings. The van der Waals surface area contributed by atoms with Crippen molar-refractivity contribution in [2.24, 2.45) is 0 Å². The van der Waals surface area contributed by atoms with E-state index in [4.69, 9.17) is 28.9 Å². The molecule has 0 aromatic heterocycles. The third-order valence-electron chi connectivity index (χ3n) is 2.26. The largest absolute Gasteiger partial charge is 0.505 e. The number of benzene rings is 2. The maximum atomic E-state index is 9.44. The average Bonchev–Trinajstić information content (AvgIpc) is 2.29. The second-order valence-electron chi connectivity index (χ2n) is 3.50. The predicted molar refractivity (Wildman–Crippen MR) is 72.3 cm³/mol. The minimum atomic E-state index is -0.125. The van der Waals surface area contributed by atoms with Crippen molar-refractivity contribution in [3.63, 3.8) is 0 Å². The van der Waals surface area contributed by atoms with Crippen LogP contribution in [0.1, 0.15) is 0 Å². The first-order chi connectivity index (χ1) is 8.08. The van der Waals surface area contributed by atoms with E-state index in [0.29, 0.717) is 11.4 Å². The molecule has 4 N–H and O–H groups in total. The zero-order valence-electron chi connectivity index (χ0n) is 8.74. The first kappa shape index (κ1) is 11.9. The van der Waals surface area contributed by atoms with Gasteiger partial charge in [0.25, 0.3) is 0 Å². The summed E-state index contributed by atoms with van der Waals surface area (Å²) < 4.78 is 0. The van der Waals surface area contributed by atoms with Gasteiger partial charge in [0.2, 0.25) is 0 Å². The van der Waals surface area contributed by atoms with Crippen LogP contribution in [0, 0.1) is 0 Å². The maximum Gasteiger partial charge on any atom is 0.152 e. The molecule has 2 aromatic carbocycles. The molecule has 0 atom stereocenters. The van der Waals surface area contributed by atoms with Gasteiger partial charge in [-0.25, -0.2) is 0 Å². The summed E-state index contributed by atoms with van der Waals surface area (Å²) in [6.45, 7) is 0. The Morgan fingerprint density at radius 3 is 2.24 bits per heavy atom. The van der Waals surface area contributed by atoms with Crippen molar-refractivity contribution >= 4 is 40.3 Å². The van der Waals surface area contributed by atoms with E-state index in [1.807, 2.05) is 18.2 Å². The molecular formula is C12H10Cl2N2O. The highest BCUT2D eigenvalue weighted by Gasteiger charge is 2.07. The number of halogens is 2. The molecule has 0 aliphatic heterocycles. The molecule has 0 bridgehead atoms. The van der Waals surface area contributed by atoms with Crippen molar-refractivity contribution in [3.8, 4) is 5.75 Å². The molecule has 0 amide bonds. The number of phenolic OH excluding ortho intramolecular Hbond substituents is 1. The van der Waals surface area contributed by atoms with Gasteiger partial charge in [-0.15, -0.1) is 0 Å². The average molecular weight is 269 g/mol. The fraction of sp³-hybridized carbons (Fsp3) is 0. The van der Waals surface area contributed by atoms with Crippen LogP contribution in [-0.4, -0.2) is 5.11 Å². The quantitative estimate of drug-likeness (QED) is 0.570. The van der Waals surface area contributed by atoms with Crippen LogP contribution in [0.4, 0.5) is 17.1 Å². The SMILES string of the molecule is Nc1ccccc1Nc1cc(Cl)c(O)c(Cl)c1. The van der Waals surface area contributed by atoms with Crippen molar-refractivity contribution in [1.82, 2.24) is 0 Å². The summed E-state index contributed by atoms with van der Waals surface area (Å²) in [4.78, 5) is 0. The molecule has 0 radical (unpaired) electrons. The van der Waals surface area contributed by atoms with Gasteiger partial charge in [-0.2, -0.15) is 0 Å². The van der Waals surface area contributed by atoms with Gasteiger partial charge >= 0.3 is 0 Å². The molecular weight excluding hydrogens is 259 g/mol. The molecule has 0 saturated heterocycles. The Bertz CT molecular complexity index is 535. The lowest BCUT2D eigenvalue weighted by Crippen LogP contribution is -1.95. The summed E-state index contributed by atoms with van der Waals surface area (Å²) in [5.74, 6) is -0.125. The molecule has 0 unspecified atom stereocenters. The van der Waals surface area contributed by atoms with Gasteiger partial charge in [-0.1, -0.05) is 35.3 Å². The van der Waals surface area contributed by atoms with E-state index < -0.39 is 0 Å². The highest BCUT2D eigenvalue weighted by molar-refractivity contribution is 6.37. The topological polar surface area (TPSA) is 58.3 Å². The number of aromatic hydroxyl groups is 1.